The van der Waals surface area contributed by atoms with Crippen molar-refractivity contribution in [3.8, 4) is 0 Å². The van der Waals surface area contributed by atoms with E-state index in [0.717, 1.165) is 23.4 Å². The van der Waals surface area contributed by atoms with E-state index >= 15 is 0 Å². The predicted octanol–water partition coefficient (Wildman–Crippen LogP) is 5.42. The molecule has 1 aliphatic heterocycles. The number of fused-ring (bicyclic) bond motifs is 1. The van der Waals surface area contributed by atoms with Gasteiger partial charge < -0.3 is 14.8 Å². The standard InChI is InChI=1S/C20H18Cl2F2N2O5S/c1-19(2,3)31-18(30)26-7-9-4-5-11(21)15(10(9)8-26)32-12-6-13(20(22,23)24)25-16(27)14(12)17(28)29/h4-6H,7-8H2,1-3H3,(H,25,27)(H,28,29). The van der Waals surface area contributed by atoms with Gasteiger partial charge in [0.1, 0.15) is 16.9 Å². The summed E-state index contributed by atoms with van der Waals surface area (Å²) < 4.78 is 32.6. The lowest BCUT2D eigenvalue weighted by Gasteiger charge is -2.24. The summed E-state index contributed by atoms with van der Waals surface area (Å²) in [7, 11) is 0. The van der Waals surface area contributed by atoms with Gasteiger partial charge in [0.15, 0.2) is 0 Å². The molecule has 0 radical (unpaired) electrons. The molecule has 0 aliphatic carbocycles. The van der Waals surface area contributed by atoms with E-state index in [9.17, 15) is 28.3 Å². The molecule has 7 nitrogen and oxygen atoms in total. The summed E-state index contributed by atoms with van der Waals surface area (Å²) in [6.07, 6.45) is -0.549. The number of rotatable bonds is 4. The lowest BCUT2D eigenvalue weighted by molar-refractivity contribution is 0.0241. The maximum Gasteiger partial charge on any atom is 0.410 e. The van der Waals surface area contributed by atoms with Gasteiger partial charge >= 0.3 is 17.4 Å². The van der Waals surface area contributed by atoms with Gasteiger partial charge in [0.2, 0.25) is 0 Å². The number of carbonyl (C=O) groups excluding carboxylic acids is 1. The molecule has 0 bridgehead atoms. The Bertz CT molecular complexity index is 1160. The molecule has 1 amide bonds. The number of aromatic carboxylic acids is 1. The maximum absolute atomic E-state index is 13.6. The van der Waals surface area contributed by atoms with E-state index in [1.54, 1.807) is 37.9 Å². The summed E-state index contributed by atoms with van der Waals surface area (Å²) in [4.78, 5) is 39.6. The van der Waals surface area contributed by atoms with Crippen molar-refractivity contribution in [2.24, 2.45) is 0 Å². The minimum atomic E-state index is -3.92. The largest absolute Gasteiger partial charge is 0.477 e. The first-order valence-electron chi connectivity index (χ1n) is 9.21. The minimum Gasteiger partial charge on any atom is -0.477 e. The molecule has 1 aromatic carbocycles. The first-order valence-corrected chi connectivity index (χ1v) is 10.8. The predicted molar refractivity (Wildman–Crippen MR) is 115 cm³/mol. The number of hydrogen-bond donors (Lipinski definition) is 2. The monoisotopic (exact) mass is 506 g/mol. The number of hydrogen-bond acceptors (Lipinski definition) is 5. The number of ether oxygens (including phenoxy) is 1. The molecule has 2 aromatic rings. The highest BCUT2D eigenvalue weighted by atomic mass is 35.5. The summed E-state index contributed by atoms with van der Waals surface area (Å²) in [5, 5.41) is 5.74. The first kappa shape index (κ1) is 24.3. The fourth-order valence-corrected chi connectivity index (χ4v) is 4.62. The molecule has 12 heteroatoms. The number of pyridine rings is 1. The number of carbonyl (C=O) groups is 2. The number of halogens is 4. The van der Waals surface area contributed by atoms with Crippen LogP contribution in [0.5, 0.6) is 0 Å². The van der Waals surface area contributed by atoms with Crippen LogP contribution in [0.3, 0.4) is 0 Å². The van der Waals surface area contributed by atoms with Crippen LogP contribution in [0, 0.1) is 0 Å². The number of carboxylic acid groups (broad SMARTS) is 1. The summed E-state index contributed by atoms with van der Waals surface area (Å²) in [5.41, 5.74) is -2.27. The van der Waals surface area contributed by atoms with Crippen molar-refractivity contribution < 1.29 is 28.2 Å². The zero-order chi connectivity index (χ0) is 24.0. The molecule has 3 rings (SSSR count). The Labute approximate surface area is 195 Å². The molecule has 2 N–H and O–H groups in total. The molecular formula is C20H18Cl2F2N2O5S. The van der Waals surface area contributed by atoms with Crippen LogP contribution in [0.25, 0.3) is 0 Å². The first-order chi connectivity index (χ1) is 14.7. The number of carboxylic acids is 1. The van der Waals surface area contributed by atoms with Crippen LogP contribution in [-0.2, 0) is 23.2 Å². The van der Waals surface area contributed by atoms with Gasteiger partial charge in [-0.1, -0.05) is 29.4 Å². The van der Waals surface area contributed by atoms with Crippen LogP contribution in [0.4, 0.5) is 13.6 Å². The van der Waals surface area contributed by atoms with Gasteiger partial charge in [-0.05, 0) is 55.6 Å². The van der Waals surface area contributed by atoms with E-state index in [-0.39, 0.29) is 23.0 Å². The highest BCUT2D eigenvalue weighted by molar-refractivity contribution is 7.99. The summed E-state index contributed by atoms with van der Waals surface area (Å²) in [5.74, 6) is -1.60. The highest BCUT2D eigenvalue weighted by Gasteiger charge is 2.34. The molecular weight excluding hydrogens is 489 g/mol. The second-order valence-corrected chi connectivity index (χ2v) is 9.94. The fourth-order valence-electron chi connectivity index (χ4n) is 3.06. The number of alkyl halides is 3. The number of aromatic amines is 1. The van der Waals surface area contributed by atoms with E-state index < -0.39 is 39.9 Å². The Balaban J connectivity index is 2.04. The van der Waals surface area contributed by atoms with Crippen LogP contribution in [0.1, 0.15) is 48.0 Å². The third-order valence-electron chi connectivity index (χ3n) is 4.40. The van der Waals surface area contributed by atoms with Gasteiger partial charge in [0.25, 0.3) is 5.56 Å². The topological polar surface area (TPSA) is 99.7 Å². The van der Waals surface area contributed by atoms with Crippen molar-refractivity contribution in [2.45, 2.75) is 54.6 Å². The smallest absolute Gasteiger partial charge is 0.410 e. The number of aromatic nitrogens is 1. The Morgan fingerprint density at radius 1 is 1.25 bits per heavy atom. The van der Waals surface area contributed by atoms with Gasteiger partial charge in [-0.2, -0.15) is 8.78 Å². The van der Waals surface area contributed by atoms with Gasteiger partial charge in [-0.3, -0.25) is 9.69 Å². The second kappa shape index (κ2) is 8.57. The zero-order valence-electron chi connectivity index (χ0n) is 17.1. The quantitative estimate of drug-likeness (QED) is 0.537. The number of benzene rings is 1. The van der Waals surface area contributed by atoms with Crippen molar-refractivity contribution >= 4 is 47.0 Å². The summed E-state index contributed by atoms with van der Waals surface area (Å²) >= 11 is 12.1. The molecule has 0 atom stereocenters. The fraction of sp³-hybridized carbons (Fsp3) is 0.350. The summed E-state index contributed by atoms with van der Waals surface area (Å²) in [6.45, 7) is 5.53. The van der Waals surface area contributed by atoms with Gasteiger partial charge in [0.05, 0.1) is 11.6 Å². The van der Waals surface area contributed by atoms with Crippen molar-refractivity contribution in [1.29, 1.82) is 0 Å². The third kappa shape index (κ3) is 5.19. The zero-order valence-corrected chi connectivity index (χ0v) is 19.4. The molecule has 32 heavy (non-hydrogen) atoms. The number of amides is 1. The van der Waals surface area contributed by atoms with Crippen LogP contribution in [0.15, 0.2) is 32.8 Å². The van der Waals surface area contributed by atoms with Crippen LogP contribution < -0.4 is 5.56 Å². The van der Waals surface area contributed by atoms with Gasteiger partial charge in [-0.15, -0.1) is 0 Å². The van der Waals surface area contributed by atoms with E-state index in [2.05, 4.69) is 0 Å². The minimum absolute atomic E-state index is 0.108. The molecule has 0 unspecified atom stereocenters. The SMILES string of the molecule is CC(C)(C)OC(=O)N1Cc2ccc(Cl)c(Sc3cc(C(F)(F)Cl)[nH]c(=O)c3C(=O)O)c2C1. The molecule has 1 aromatic heterocycles. The Hall–Kier alpha value is -2.30. The molecule has 172 valence electrons. The third-order valence-corrected chi connectivity index (χ3v) is 6.24. The second-order valence-electron chi connectivity index (χ2n) is 8.01. The van der Waals surface area contributed by atoms with Crippen LogP contribution in [0.2, 0.25) is 5.02 Å². The Morgan fingerprint density at radius 3 is 2.47 bits per heavy atom. The van der Waals surface area contributed by atoms with Gasteiger partial charge in [0, 0.05) is 16.3 Å². The van der Waals surface area contributed by atoms with E-state index in [1.165, 1.54) is 4.90 Å². The molecule has 0 fully saturated rings. The number of H-pyrrole nitrogens is 1. The number of nitrogens with one attached hydrogen (secondary N) is 1. The van der Waals surface area contributed by atoms with E-state index in [4.69, 9.17) is 27.9 Å². The normalized spacial score (nSPS) is 13.8. The lowest BCUT2D eigenvalue weighted by Crippen LogP contribution is -2.33. The van der Waals surface area contributed by atoms with Crippen molar-refractivity contribution in [3.63, 3.8) is 0 Å². The van der Waals surface area contributed by atoms with Crippen molar-refractivity contribution in [2.75, 3.05) is 0 Å². The van der Waals surface area contributed by atoms with Crippen molar-refractivity contribution in [1.82, 2.24) is 9.88 Å². The summed E-state index contributed by atoms with van der Waals surface area (Å²) in [6, 6.07) is 4.06. The molecule has 2 heterocycles. The van der Waals surface area contributed by atoms with E-state index in [0.29, 0.717) is 10.5 Å². The van der Waals surface area contributed by atoms with E-state index in [1.807, 2.05) is 0 Å². The highest BCUT2D eigenvalue weighted by Crippen LogP contribution is 2.43. The van der Waals surface area contributed by atoms with Gasteiger partial charge in [-0.25, -0.2) is 9.59 Å². The average Bonchev–Trinajstić information content (AvgIpc) is 3.06. The molecule has 1 aliphatic rings. The number of nitrogens with zero attached hydrogens (tertiary/aromatic N) is 1. The van der Waals surface area contributed by atoms with Crippen LogP contribution >= 0.6 is 35.0 Å². The van der Waals surface area contributed by atoms with Crippen LogP contribution in [-0.4, -0.2) is 32.7 Å². The maximum atomic E-state index is 13.6. The Morgan fingerprint density at radius 2 is 1.91 bits per heavy atom. The Kier molecular flexibility index (Phi) is 6.52. The molecule has 0 saturated heterocycles. The average molecular weight is 507 g/mol. The molecule has 0 saturated carbocycles. The molecule has 0 spiro atoms. The van der Waals surface area contributed by atoms with Crippen molar-refractivity contribution in [3.05, 3.63) is 56.0 Å². The lowest BCUT2D eigenvalue weighted by atomic mass is 10.1.